The minimum absolute atomic E-state index is 0.0973. The second-order valence-corrected chi connectivity index (χ2v) is 8.22. The maximum Gasteiger partial charge on any atom is 0.295 e. The first kappa shape index (κ1) is 23.0. The lowest BCUT2D eigenvalue weighted by atomic mass is 9.95. The Bertz CT molecular complexity index is 983. The highest BCUT2D eigenvalue weighted by molar-refractivity contribution is 9.10. The molecule has 1 saturated heterocycles. The lowest BCUT2D eigenvalue weighted by molar-refractivity contribution is -0.140. The molecule has 6 nitrogen and oxygen atoms in total. The van der Waals surface area contributed by atoms with Crippen molar-refractivity contribution < 1.29 is 19.4 Å². The zero-order chi connectivity index (χ0) is 22.5. The van der Waals surface area contributed by atoms with E-state index in [1.54, 1.807) is 29.2 Å². The number of ether oxygens (including phenoxy) is 1. The van der Waals surface area contributed by atoms with E-state index in [4.69, 9.17) is 4.74 Å². The Morgan fingerprint density at radius 2 is 1.81 bits per heavy atom. The maximum absolute atomic E-state index is 13.1. The van der Waals surface area contributed by atoms with Gasteiger partial charge in [0.1, 0.15) is 11.5 Å². The van der Waals surface area contributed by atoms with Crippen LogP contribution >= 0.6 is 15.9 Å². The van der Waals surface area contributed by atoms with Gasteiger partial charge in [0.2, 0.25) is 0 Å². The van der Waals surface area contributed by atoms with Gasteiger partial charge in [0, 0.05) is 23.1 Å². The molecule has 0 saturated carbocycles. The van der Waals surface area contributed by atoms with Gasteiger partial charge >= 0.3 is 0 Å². The van der Waals surface area contributed by atoms with E-state index < -0.39 is 17.7 Å². The number of halogens is 1. The summed E-state index contributed by atoms with van der Waals surface area (Å²) in [5.74, 6) is -0.909. The van der Waals surface area contributed by atoms with Gasteiger partial charge in [-0.15, -0.1) is 0 Å². The smallest absolute Gasteiger partial charge is 0.295 e. The summed E-state index contributed by atoms with van der Waals surface area (Å²) in [4.78, 5) is 29.8. The summed E-state index contributed by atoms with van der Waals surface area (Å²) in [5.41, 5.74) is 1.30. The second-order valence-electron chi connectivity index (χ2n) is 7.30. The number of aliphatic hydroxyl groups excluding tert-OH is 1. The first-order chi connectivity index (χ1) is 14.9. The van der Waals surface area contributed by atoms with Crippen molar-refractivity contribution in [3.8, 4) is 5.75 Å². The van der Waals surface area contributed by atoms with Crippen molar-refractivity contribution in [3.05, 3.63) is 69.7 Å². The topological polar surface area (TPSA) is 70.1 Å². The number of hydrogen-bond acceptors (Lipinski definition) is 5. The number of aliphatic hydroxyl groups is 1. The van der Waals surface area contributed by atoms with Crippen molar-refractivity contribution in [2.75, 3.05) is 33.3 Å². The van der Waals surface area contributed by atoms with Crippen molar-refractivity contribution in [1.82, 2.24) is 9.80 Å². The molecule has 31 heavy (non-hydrogen) atoms. The Morgan fingerprint density at radius 3 is 2.42 bits per heavy atom. The Kier molecular flexibility index (Phi) is 7.51. The Labute approximate surface area is 191 Å². The number of nitrogens with zero attached hydrogens (tertiary/aromatic N) is 2. The van der Waals surface area contributed by atoms with Crippen LogP contribution in [-0.4, -0.2) is 59.9 Å². The summed E-state index contributed by atoms with van der Waals surface area (Å²) in [7, 11) is 1.53. The molecule has 1 amide bonds. The van der Waals surface area contributed by atoms with Crippen LogP contribution in [0.5, 0.6) is 5.75 Å². The number of carbonyl (C=O) groups excluding carboxylic acids is 2. The molecule has 1 N–H and O–H groups in total. The quantitative estimate of drug-likeness (QED) is 0.343. The second kappa shape index (κ2) is 10.1. The number of benzene rings is 2. The van der Waals surface area contributed by atoms with Crippen LogP contribution < -0.4 is 4.74 Å². The summed E-state index contributed by atoms with van der Waals surface area (Å²) in [6.07, 6.45) is 0. The van der Waals surface area contributed by atoms with Crippen molar-refractivity contribution in [3.63, 3.8) is 0 Å². The molecule has 0 bridgehead atoms. The number of amides is 1. The lowest BCUT2D eigenvalue weighted by Gasteiger charge is -2.28. The van der Waals surface area contributed by atoms with E-state index in [-0.39, 0.29) is 11.3 Å². The average molecular weight is 487 g/mol. The normalized spacial score (nSPS) is 18.1. The number of Topliss-reactive ketones (excluding diaryl/α,β-unsaturated/α-hetero) is 1. The van der Waals surface area contributed by atoms with Crippen molar-refractivity contribution in [2.45, 2.75) is 19.9 Å². The SMILES string of the molecule is CCN(CC)CCN1C(=O)C(=O)/C(=C(/O)c2cccc(OC)c2)C1c1ccc(Br)cc1. The molecule has 1 aliphatic rings. The number of methoxy groups -OCH3 is 1. The number of likely N-dealkylation sites (tertiary alicyclic amines) is 1. The number of rotatable bonds is 8. The van der Waals surface area contributed by atoms with Gasteiger partial charge in [-0.25, -0.2) is 0 Å². The van der Waals surface area contributed by atoms with Gasteiger partial charge in [-0.1, -0.05) is 54.0 Å². The van der Waals surface area contributed by atoms with Crippen LogP contribution in [0.2, 0.25) is 0 Å². The maximum atomic E-state index is 13.1. The van der Waals surface area contributed by atoms with Crippen molar-refractivity contribution in [1.29, 1.82) is 0 Å². The van der Waals surface area contributed by atoms with E-state index >= 15 is 0 Å². The highest BCUT2D eigenvalue weighted by Crippen LogP contribution is 2.39. The summed E-state index contributed by atoms with van der Waals surface area (Å²) >= 11 is 3.43. The van der Waals surface area contributed by atoms with Crippen LogP contribution in [0.1, 0.15) is 31.0 Å². The van der Waals surface area contributed by atoms with E-state index in [1.807, 2.05) is 24.3 Å². The monoisotopic (exact) mass is 486 g/mol. The van der Waals surface area contributed by atoms with E-state index in [0.29, 0.717) is 24.4 Å². The molecular weight excluding hydrogens is 460 g/mol. The van der Waals surface area contributed by atoms with E-state index in [2.05, 4.69) is 34.7 Å². The minimum Gasteiger partial charge on any atom is -0.507 e. The molecule has 3 rings (SSSR count). The third kappa shape index (κ3) is 4.83. The first-order valence-corrected chi connectivity index (χ1v) is 11.1. The van der Waals surface area contributed by atoms with Gasteiger partial charge in [0.25, 0.3) is 11.7 Å². The average Bonchev–Trinajstić information content (AvgIpc) is 3.04. The molecule has 164 valence electrons. The third-order valence-corrected chi connectivity index (χ3v) is 6.15. The molecule has 1 aliphatic heterocycles. The molecule has 1 unspecified atom stereocenters. The molecule has 1 atom stereocenters. The zero-order valence-corrected chi connectivity index (χ0v) is 19.6. The molecule has 0 aromatic heterocycles. The molecule has 1 heterocycles. The number of ketones is 1. The Balaban J connectivity index is 2.10. The summed E-state index contributed by atoms with van der Waals surface area (Å²) < 4.78 is 6.14. The standard InChI is InChI=1S/C24H27BrN2O4/c1-4-26(5-2)13-14-27-21(16-9-11-18(25)12-10-16)20(23(29)24(27)30)22(28)17-7-6-8-19(15-17)31-3/h6-12,15,21,28H,4-5,13-14H2,1-3H3/b22-20+. The number of hydrogen-bond donors (Lipinski definition) is 1. The van der Waals surface area contributed by atoms with Crippen molar-refractivity contribution >= 4 is 33.4 Å². The first-order valence-electron chi connectivity index (χ1n) is 10.3. The van der Waals surface area contributed by atoms with Gasteiger partial charge < -0.3 is 19.6 Å². The van der Waals surface area contributed by atoms with Crippen LogP contribution in [0.4, 0.5) is 0 Å². The number of carbonyl (C=O) groups is 2. The molecule has 0 radical (unpaired) electrons. The summed E-state index contributed by atoms with van der Waals surface area (Å²) in [6.45, 7) is 6.87. The molecule has 7 heteroatoms. The van der Waals surface area contributed by atoms with Gasteiger partial charge in [0.05, 0.1) is 18.7 Å². The van der Waals surface area contributed by atoms with Gasteiger partial charge in [-0.2, -0.15) is 0 Å². The molecular formula is C24H27BrN2O4. The fourth-order valence-corrected chi connectivity index (χ4v) is 4.08. The molecule has 2 aromatic carbocycles. The zero-order valence-electron chi connectivity index (χ0n) is 18.0. The highest BCUT2D eigenvalue weighted by Gasteiger charge is 2.45. The van der Waals surface area contributed by atoms with Crippen molar-refractivity contribution in [2.24, 2.45) is 0 Å². The van der Waals surface area contributed by atoms with Gasteiger partial charge in [-0.3, -0.25) is 9.59 Å². The Morgan fingerprint density at radius 1 is 1.13 bits per heavy atom. The fraction of sp³-hybridized carbons (Fsp3) is 0.333. The molecule has 0 spiro atoms. The van der Waals surface area contributed by atoms with Crippen LogP contribution in [-0.2, 0) is 9.59 Å². The van der Waals surface area contributed by atoms with Crippen LogP contribution in [0, 0.1) is 0 Å². The van der Waals surface area contributed by atoms with E-state index in [0.717, 1.165) is 23.1 Å². The molecule has 0 aliphatic carbocycles. The lowest BCUT2D eigenvalue weighted by Crippen LogP contribution is -2.38. The van der Waals surface area contributed by atoms with Crippen LogP contribution in [0.25, 0.3) is 5.76 Å². The largest absolute Gasteiger partial charge is 0.507 e. The molecule has 2 aromatic rings. The Hall–Kier alpha value is -2.64. The van der Waals surface area contributed by atoms with Crippen LogP contribution in [0.3, 0.4) is 0 Å². The predicted molar refractivity (Wildman–Crippen MR) is 124 cm³/mol. The predicted octanol–water partition coefficient (Wildman–Crippen LogP) is 4.22. The number of likely N-dealkylation sites (N-methyl/N-ethyl adjacent to an activating group) is 1. The van der Waals surface area contributed by atoms with Gasteiger partial charge in [-0.05, 0) is 42.9 Å². The summed E-state index contributed by atoms with van der Waals surface area (Å²) in [6, 6.07) is 13.6. The minimum atomic E-state index is -0.673. The van der Waals surface area contributed by atoms with E-state index in [1.165, 1.54) is 7.11 Å². The summed E-state index contributed by atoms with van der Waals surface area (Å²) in [5, 5.41) is 11.1. The van der Waals surface area contributed by atoms with Crippen LogP contribution in [0.15, 0.2) is 58.6 Å². The van der Waals surface area contributed by atoms with E-state index in [9.17, 15) is 14.7 Å². The highest BCUT2D eigenvalue weighted by atomic mass is 79.9. The fourth-order valence-electron chi connectivity index (χ4n) is 3.82. The molecule has 1 fully saturated rings. The third-order valence-electron chi connectivity index (χ3n) is 5.62. The van der Waals surface area contributed by atoms with Gasteiger partial charge in [0.15, 0.2) is 0 Å².